The molecule has 164 valence electrons. The second-order valence-electron chi connectivity index (χ2n) is 7.53. The van der Waals surface area contributed by atoms with E-state index in [1.54, 1.807) is 29.5 Å². The molecule has 2 aromatic carbocycles. The van der Waals surface area contributed by atoms with Gasteiger partial charge in [-0.15, -0.1) is 0 Å². The van der Waals surface area contributed by atoms with Crippen molar-refractivity contribution in [1.82, 2.24) is 25.6 Å². The number of aromatic nitrogens is 3. The Morgan fingerprint density at radius 3 is 2.58 bits per heavy atom. The first-order valence-corrected chi connectivity index (χ1v) is 11.8. The lowest BCUT2D eigenvalue weighted by Gasteiger charge is -2.33. The molecule has 1 amide bonds. The van der Waals surface area contributed by atoms with Gasteiger partial charge in [-0.25, -0.2) is 10.0 Å². The van der Waals surface area contributed by atoms with Crippen molar-refractivity contribution in [2.24, 2.45) is 4.99 Å². The lowest BCUT2D eigenvalue weighted by atomic mass is 10.1. The van der Waals surface area contributed by atoms with Crippen molar-refractivity contribution >= 4 is 51.6 Å². The number of nitrogens with one attached hydrogen (secondary N) is 2. The molecule has 0 saturated carbocycles. The van der Waals surface area contributed by atoms with Crippen molar-refractivity contribution in [2.75, 3.05) is 0 Å². The minimum Gasteiger partial charge on any atom is -0.277 e. The fraction of sp³-hybridized carbons (Fsp3) is 0.0833. The van der Waals surface area contributed by atoms with Crippen LogP contribution in [0.4, 0.5) is 5.69 Å². The van der Waals surface area contributed by atoms with Gasteiger partial charge in [0.1, 0.15) is 15.4 Å². The Morgan fingerprint density at radius 1 is 1.09 bits per heavy atom. The normalized spacial score (nSPS) is 15.1. The summed E-state index contributed by atoms with van der Waals surface area (Å²) in [5.74, 6) is 0.380. The molecule has 0 bridgehead atoms. The van der Waals surface area contributed by atoms with E-state index >= 15 is 0 Å². The van der Waals surface area contributed by atoms with Gasteiger partial charge in [-0.2, -0.15) is 5.10 Å². The number of alkyl halides is 1. The highest BCUT2D eigenvalue weighted by atomic mass is 127. The van der Waals surface area contributed by atoms with E-state index in [2.05, 4.69) is 43.2 Å². The van der Waals surface area contributed by atoms with Gasteiger partial charge in [0.15, 0.2) is 5.84 Å². The number of pyridine rings is 1. The number of halogens is 2. The zero-order chi connectivity index (χ0) is 22.9. The largest absolute Gasteiger partial charge is 0.277 e. The van der Waals surface area contributed by atoms with Crippen LogP contribution in [0.1, 0.15) is 31.2 Å². The Balaban J connectivity index is 1.61. The summed E-state index contributed by atoms with van der Waals surface area (Å²) in [6.45, 7) is 2.02. The van der Waals surface area contributed by atoms with Crippen LogP contribution in [0.5, 0.6) is 0 Å². The van der Waals surface area contributed by atoms with Crippen LogP contribution in [0.3, 0.4) is 0 Å². The van der Waals surface area contributed by atoms with E-state index < -0.39 is 0 Å². The molecular formula is C24H18ClIN6O. The standard InChI is InChI=1S/C24H18ClIN6O/c1-14-3-2-4-17(13-14)23-28-20-19(15-5-7-18(25)8-6-15)29-30-21(20)22(26)32(23)31-24(33)16-9-11-27-12-10-16/h2-13,22H,1H3,(H,29,30)(H,31,33). The highest BCUT2D eigenvalue weighted by Gasteiger charge is 2.34. The Kier molecular flexibility index (Phi) is 5.86. The number of carbonyl (C=O) groups excluding carboxylic acids is 1. The summed E-state index contributed by atoms with van der Waals surface area (Å²) in [4.78, 5) is 22.0. The third kappa shape index (κ3) is 4.23. The van der Waals surface area contributed by atoms with Crippen molar-refractivity contribution in [3.05, 3.63) is 100 Å². The molecule has 1 unspecified atom stereocenters. The maximum Gasteiger partial charge on any atom is 0.269 e. The smallest absolute Gasteiger partial charge is 0.269 e. The van der Waals surface area contributed by atoms with Gasteiger partial charge in [-0.1, -0.05) is 47.5 Å². The van der Waals surface area contributed by atoms with Gasteiger partial charge < -0.3 is 0 Å². The number of hydrogen-bond acceptors (Lipinski definition) is 5. The zero-order valence-electron chi connectivity index (χ0n) is 17.5. The molecular weight excluding hydrogens is 551 g/mol. The van der Waals surface area contributed by atoms with Crippen LogP contribution in [-0.4, -0.2) is 31.9 Å². The highest BCUT2D eigenvalue weighted by Crippen LogP contribution is 2.43. The summed E-state index contributed by atoms with van der Waals surface area (Å²) in [6, 6.07) is 18.9. The highest BCUT2D eigenvalue weighted by molar-refractivity contribution is 14.1. The number of rotatable bonds is 4. The number of H-pyrrole nitrogens is 1. The van der Waals surface area contributed by atoms with Gasteiger partial charge in [0.2, 0.25) is 0 Å². The molecule has 9 heteroatoms. The molecule has 0 spiro atoms. The van der Waals surface area contributed by atoms with Crippen molar-refractivity contribution < 1.29 is 4.79 Å². The summed E-state index contributed by atoms with van der Waals surface area (Å²) in [6.07, 6.45) is 3.18. The molecule has 5 rings (SSSR count). The molecule has 3 heterocycles. The van der Waals surface area contributed by atoms with Gasteiger partial charge in [0, 0.05) is 34.1 Å². The Bertz CT molecular complexity index is 1350. The first kappa shape index (κ1) is 21.6. The summed E-state index contributed by atoms with van der Waals surface area (Å²) in [5, 5.41) is 10.1. The number of amidine groups is 1. The average molecular weight is 569 g/mol. The predicted molar refractivity (Wildman–Crippen MR) is 137 cm³/mol. The van der Waals surface area contributed by atoms with Gasteiger partial charge in [-0.3, -0.25) is 20.3 Å². The van der Waals surface area contributed by atoms with Crippen molar-refractivity contribution in [3.63, 3.8) is 0 Å². The minimum absolute atomic E-state index is 0.250. The number of amides is 1. The van der Waals surface area contributed by atoms with Gasteiger partial charge >= 0.3 is 0 Å². The molecule has 7 nitrogen and oxygen atoms in total. The molecule has 2 aromatic heterocycles. The molecule has 33 heavy (non-hydrogen) atoms. The molecule has 1 atom stereocenters. The molecule has 1 aliphatic rings. The average Bonchev–Trinajstić information content (AvgIpc) is 3.26. The van der Waals surface area contributed by atoms with Gasteiger partial charge in [-0.05, 0) is 59.8 Å². The molecule has 0 fully saturated rings. The topological polar surface area (TPSA) is 86.3 Å². The van der Waals surface area contributed by atoms with E-state index in [-0.39, 0.29) is 9.96 Å². The Hall–Kier alpha value is -3.24. The predicted octanol–water partition coefficient (Wildman–Crippen LogP) is 5.61. The Morgan fingerprint density at radius 2 is 1.85 bits per heavy atom. The third-order valence-electron chi connectivity index (χ3n) is 5.24. The van der Waals surface area contributed by atoms with Crippen LogP contribution in [0.25, 0.3) is 11.3 Å². The molecule has 4 aromatic rings. The molecule has 0 saturated heterocycles. The van der Waals surface area contributed by atoms with E-state index in [0.29, 0.717) is 16.4 Å². The van der Waals surface area contributed by atoms with Crippen LogP contribution < -0.4 is 5.43 Å². The number of nitrogens with zero attached hydrogens (tertiary/aromatic N) is 4. The number of aromatic amines is 1. The summed E-state index contributed by atoms with van der Waals surface area (Å²) < 4.78 is -0.273. The summed E-state index contributed by atoms with van der Waals surface area (Å²) in [5.41, 5.74) is 8.68. The quantitative estimate of drug-likeness (QED) is 0.190. The van der Waals surface area contributed by atoms with Crippen LogP contribution in [-0.2, 0) is 0 Å². The summed E-state index contributed by atoms with van der Waals surface area (Å²) in [7, 11) is 0. The van der Waals surface area contributed by atoms with E-state index in [0.717, 1.165) is 33.8 Å². The summed E-state index contributed by atoms with van der Waals surface area (Å²) >= 11 is 8.35. The number of aryl methyl sites for hydroxylation is 1. The van der Waals surface area contributed by atoms with E-state index in [9.17, 15) is 4.79 Å². The SMILES string of the molecule is Cc1cccc(C2=Nc3c(-c4ccc(Cl)cc4)n[nH]c3C(I)N2NC(=O)c2ccncc2)c1. The second kappa shape index (κ2) is 8.95. The van der Waals surface area contributed by atoms with Crippen molar-refractivity contribution in [1.29, 1.82) is 0 Å². The van der Waals surface area contributed by atoms with Crippen LogP contribution in [0, 0.1) is 6.92 Å². The van der Waals surface area contributed by atoms with Gasteiger partial charge in [0.05, 0.1) is 5.69 Å². The zero-order valence-corrected chi connectivity index (χ0v) is 20.4. The van der Waals surface area contributed by atoms with E-state index in [4.69, 9.17) is 16.6 Å². The molecule has 0 aliphatic carbocycles. The second-order valence-corrected chi connectivity index (χ2v) is 9.15. The first-order valence-electron chi connectivity index (χ1n) is 10.2. The van der Waals surface area contributed by atoms with Crippen LogP contribution in [0.15, 0.2) is 78.0 Å². The monoisotopic (exact) mass is 568 g/mol. The molecule has 1 aliphatic heterocycles. The number of aliphatic imine (C=N–C) groups is 1. The Labute approximate surface area is 209 Å². The lowest BCUT2D eigenvalue weighted by Crippen LogP contribution is -2.48. The van der Waals surface area contributed by atoms with E-state index in [1.165, 1.54) is 0 Å². The lowest BCUT2D eigenvalue weighted by molar-refractivity contribution is 0.0864. The third-order valence-corrected chi connectivity index (χ3v) is 6.67. The van der Waals surface area contributed by atoms with Crippen molar-refractivity contribution in [3.8, 4) is 11.3 Å². The van der Waals surface area contributed by atoms with Crippen LogP contribution >= 0.6 is 34.2 Å². The fourth-order valence-corrected chi connectivity index (χ4v) is 4.57. The number of fused-ring (bicyclic) bond motifs is 1. The number of carbonyl (C=O) groups is 1. The van der Waals surface area contributed by atoms with Crippen molar-refractivity contribution in [2.45, 2.75) is 11.0 Å². The molecule has 2 N–H and O–H groups in total. The minimum atomic E-state index is -0.273. The molecule has 0 radical (unpaired) electrons. The van der Waals surface area contributed by atoms with E-state index in [1.807, 2.05) is 55.5 Å². The maximum absolute atomic E-state index is 13.0. The van der Waals surface area contributed by atoms with Gasteiger partial charge in [0.25, 0.3) is 5.91 Å². The first-order chi connectivity index (χ1) is 16.0. The number of hydrazine groups is 1. The fourth-order valence-electron chi connectivity index (χ4n) is 3.61. The number of benzene rings is 2. The number of hydrogen-bond donors (Lipinski definition) is 2. The maximum atomic E-state index is 13.0. The van der Waals surface area contributed by atoms with Crippen LogP contribution in [0.2, 0.25) is 5.02 Å².